The van der Waals surface area contributed by atoms with Crippen LogP contribution in [0.2, 0.25) is 0 Å². The number of hydrogen-bond donors (Lipinski definition) is 0. The van der Waals surface area contributed by atoms with Gasteiger partial charge >= 0.3 is 7.12 Å². The van der Waals surface area contributed by atoms with E-state index < -0.39 is 33.1 Å². The molecule has 1 fully saturated rings. The summed E-state index contributed by atoms with van der Waals surface area (Å²) >= 11 is 0. The van der Waals surface area contributed by atoms with E-state index in [4.69, 9.17) is 9.31 Å². The zero-order valence-electron chi connectivity index (χ0n) is 17.8. The lowest BCUT2D eigenvalue weighted by Gasteiger charge is -2.32. The zero-order valence-corrected chi connectivity index (χ0v) is 18.6. The van der Waals surface area contributed by atoms with Crippen LogP contribution in [0.15, 0.2) is 53.7 Å². The van der Waals surface area contributed by atoms with Crippen LogP contribution in [0.25, 0.3) is 10.9 Å². The molecule has 2 aromatic rings. The van der Waals surface area contributed by atoms with Gasteiger partial charge in [0.2, 0.25) is 0 Å². The van der Waals surface area contributed by atoms with E-state index in [1.54, 1.807) is 25.3 Å². The smallest absolute Gasteiger partial charge is 0.399 e. The summed E-state index contributed by atoms with van der Waals surface area (Å²) in [5, 5.41) is 4.97. The maximum Gasteiger partial charge on any atom is 0.494 e. The summed E-state index contributed by atoms with van der Waals surface area (Å²) in [5.41, 5.74) is 1.43. The Morgan fingerprint density at radius 2 is 1.69 bits per heavy atom. The molecule has 1 aliphatic carbocycles. The van der Waals surface area contributed by atoms with Gasteiger partial charge in [-0.2, -0.15) is 9.19 Å². The average molecular weight is 414 g/mol. The lowest BCUT2D eigenvalue weighted by molar-refractivity contribution is 0.00578. The van der Waals surface area contributed by atoms with Crippen LogP contribution in [-0.4, -0.2) is 40.7 Å². The summed E-state index contributed by atoms with van der Waals surface area (Å²) in [6.07, 6.45) is 5.64. The third-order valence-electron chi connectivity index (χ3n) is 6.47. The van der Waals surface area contributed by atoms with Crippen molar-refractivity contribution in [3.63, 3.8) is 0 Å². The van der Waals surface area contributed by atoms with E-state index in [2.05, 4.69) is 5.10 Å². The molecule has 0 radical (unpaired) electrons. The molecule has 0 N–H and O–H groups in total. The fourth-order valence-corrected chi connectivity index (χ4v) is 5.45. The summed E-state index contributed by atoms with van der Waals surface area (Å²) in [5.74, 6) is 0. The molecule has 1 saturated heterocycles. The monoisotopic (exact) mass is 414 g/mol. The summed E-state index contributed by atoms with van der Waals surface area (Å²) in [6.45, 7) is 11.7. The molecule has 0 saturated carbocycles. The van der Waals surface area contributed by atoms with E-state index in [0.29, 0.717) is 11.9 Å². The van der Waals surface area contributed by atoms with Crippen LogP contribution >= 0.6 is 0 Å². The van der Waals surface area contributed by atoms with E-state index >= 15 is 0 Å². The molecule has 1 unspecified atom stereocenters. The number of aromatic nitrogens is 2. The quantitative estimate of drug-likeness (QED) is 0.713. The third kappa shape index (κ3) is 3.00. The Bertz CT molecular complexity index is 1130. The molecule has 1 atom stereocenters. The van der Waals surface area contributed by atoms with Crippen molar-refractivity contribution in [1.82, 2.24) is 9.19 Å². The number of allylic oxidation sites excluding steroid dienone is 3. The second-order valence-corrected chi connectivity index (χ2v) is 11.4. The van der Waals surface area contributed by atoms with Gasteiger partial charge in [0.25, 0.3) is 10.0 Å². The fraction of sp³-hybridized carbons (Fsp3) is 0.476. The molecule has 154 valence electrons. The van der Waals surface area contributed by atoms with Gasteiger partial charge < -0.3 is 9.31 Å². The van der Waals surface area contributed by atoms with Gasteiger partial charge in [0.15, 0.2) is 0 Å². The van der Waals surface area contributed by atoms with E-state index in [1.807, 2.05) is 58.9 Å². The van der Waals surface area contributed by atoms with E-state index in [0.717, 1.165) is 20.5 Å². The molecule has 1 aromatic heterocycles. The van der Waals surface area contributed by atoms with Gasteiger partial charge in [0, 0.05) is 5.39 Å². The van der Waals surface area contributed by atoms with Crippen molar-refractivity contribution in [2.24, 2.45) is 0 Å². The van der Waals surface area contributed by atoms with Crippen molar-refractivity contribution in [2.75, 3.05) is 0 Å². The highest BCUT2D eigenvalue weighted by Gasteiger charge is 2.53. The Kier molecular flexibility index (Phi) is 4.43. The third-order valence-corrected chi connectivity index (χ3v) is 8.68. The highest BCUT2D eigenvalue weighted by Crippen LogP contribution is 2.42. The molecule has 1 aliphatic heterocycles. The molecule has 0 spiro atoms. The maximum atomic E-state index is 13.5. The van der Waals surface area contributed by atoms with Crippen molar-refractivity contribution in [2.45, 2.75) is 63.9 Å². The van der Waals surface area contributed by atoms with Crippen LogP contribution in [-0.2, 0) is 19.3 Å². The second-order valence-electron chi connectivity index (χ2n) is 9.14. The van der Waals surface area contributed by atoms with Gasteiger partial charge in [-0.3, -0.25) is 0 Å². The molecule has 2 heterocycles. The van der Waals surface area contributed by atoms with Gasteiger partial charge in [-0.25, -0.2) is 8.42 Å². The first-order chi connectivity index (χ1) is 13.4. The van der Waals surface area contributed by atoms with Gasteiger partial charge in [0.05, 0.1) is 22.9 Å². The molecular formula is C21H27BN2O4S. The van der Waals surface area contributed by atoms with Crippen molar-refractivity contribution < 1.29 is 17.7 Å². The Balaban J connectivity index is 1.68. The van der Waals surface area contributed by atoms with Crippen molar-refractivity contribution in [1.29, 1.82) is 0 Å². The highest BCUT2D eigenvalue weighted by atomic mass is 32.2. The van der Waals surface area contributed by atoms with Gasteiger partial charge in [0.1, 0.15) is 4.75 Å². The predicted octanol–water partition coefficient (Wildman–Crippen LogP) is 3.88. The molecule has 8 heteroatoms. The van der Waals surface area contributed by atoms with Crippen LogP contribution in [0, 0.1) is 0 Å². The van der Waals surface area contributed by atoms with Crippen molar-refractivity contribution in [3.8, 4) is 0 Å². The maximum absolute atomic E-state index is 13.5. The van der Waals surface area contributed by atoms with E-state index in [-0.39, 0.29) is 0 Å². The fourth-order valence-electron chi connectivity index (χ4n) is 3.84. The molecule has 0 bridgehead atoms. The van der Waals surface area contributed by atoms with E-state index in [1.165, 1.54) is 0 Å². The lowest BCUT2D eigenvalue weighted by atomic mass is 9.70. The Hall–Kier alpha value is -1.90. The second kappa shape index (κ2) is 6.30. The molecule has 29 heavy (non-hydrogen) atoms. The predicted molar refractivity (Wildman–Crippen MR) is 115 cm³/mol. The number of fused-ring (bicyclic) bond motifs is 1. The number of nitrogens with zero attached hydrogens (tertiary/aromatic N) is 2. The van der Waals surface area contributed by atoms with Crippen LogP contribution < -0.4 is 0 Å². The first-order valence-corrected chi connectivity index (χ1v) is 11.3. The van der Waals surface area contributed by atoms with Crippen LogP contribution in [0.4, 0.5) is 0 Å². The van der Waals surface area contributed by atoms with Crippen molar-refractivity contribution in [3.05, 3.63) is 53.7 Å². The minimum absolute atomic E-state index is 0.320. The largest absolute Gasteiger partial charge is 0.494 e. The molecular weight excluding hydrogens is 387 g/mol. The minimum Gasteiger partial charge on any atom is -0.399 e. The molecule has 1 aromatic carbocycles. The Morgan fingerprint density at radius 1 is 1.07 bits per heavy atom. The lowest BCUT2D eigenvalue weighted by Crippen LogP contribution is -2.41. The normalized spacial score (nSPS) is 26.5. The topological polar surface area (TPSA) is 70.4 Å². The number of rotatable bonds is 3. The van der Waals surface area contributed by atoms with E-state index in [9.17, 15) is 8.42 Å². The summed E-state index contributed by atoms with van der Waals surface area (Å²) in [6, 6.07) is 7.31. The van der Waals surface area contributed by atoms with Gasteiger partial charge in [-0.1, -0.05) is 35.9 Å². The first-order valence-electron chi connectivity index (χ1n) is 9.81. The number of para-hydroxylation sites is 1. The number of hydrogen-bond acceptors (Lipinski definition) is 5. The SMILES string of the molecule is CC1=CC(C)(S(=O)(=O)n2ncc3ccccc32)CC=C1B1OC(C)(C)C(C)(C)O1. The highest BCUT2D eigenvalue weighted by molar-refractivity contribution is 7.91. The summed E-state index contributed by atoms with van der Waals surface area (Å²) in [4.78, 5) is 0. The van der Waals surface area contributed by atoms with Gasteiger partial charge in [-0.05, 0) is 59.5 Å². The summed E-state index contributed by atoms with van der Waals surface area (Å²) in [7, 11) is -4.27. The van der Waals surface area contributed by atoms with Gasteiger partial charge in [-0.15, -0.1) is 0 Å². The molecule has 4 rings (SSSR count). The molecule has 0 amide bonds. The minimum atomic E-state index is -3.77. The van der Waals surface area contributed by atoms with Crippen LogP contribution in [0.1, 0.15) is 48.0 Å². The van der Waals surface area contributed by atoms with Crippen LogP contribution in [0.3, 0.4) is 0 Å². The number of benzene rings is 1. The zero-order chi connectivity index (χ0) is 21.2. The Labute approximate surface area is 172 Å². The Morgan fingerprint density at radius 3 is 2.31 bits per heavy atom. The first kappa shape index (κ1) is 20.4. The molecule has 6 nitrogen and oxygen atoms in total. The average Bonchev–Trinajstić information content (AvgIpc) is 3.13. The van der Waals surface area contributed by atoms with Crippen molar-refractivity contribution >= 4 is 28.0 Å². The summed E-state index contributed by atoms with van der Waals surface area (Å²) < 4.78 is 39.4. The van der Waals surface area contributed by atoms with Crippen LogP contribution in [0.5, 0.6) is 0 Å². The molecule has 2 aliphatic rings. The standard InChI is InChI=1S/C21H27BN2O4S/c1-15-13-21(6,12-11-17(15)22-27-19(2,3)20(4,5)28-22)29(25,26)24-18-10-8-7-9-16(18)14-23-24/h7-11,13-14H,12H2,1-6H3.